The second-order valence-electron chi connectivity index (χ2n) is 3.33. The Hall–Kier alpha value is -1.65. The standard InChI is InChI=1S/C9H12N4O/c10-9-11-4-3-7(12-9)6-13-5-1-2-8(13)14/h3-4H,1-2,5-6H2,(H2,10,11,12). The predicted molar refractivity (Wildman–Crippen MR) is 51.1 cm³/mol. The van der Waals surface area contributed by atoms with Gasteiger partial charge in [0.2, 0.25) is 11.9 Å². The summed E-state index contributed by atoms with van der Waals surface area (Å²) in [6.45, 7) is 1.37. The average molecular weight is 192 g/mol. The van der Waals surface area contributed by atoms with Crippen molar-refractivity contribution in [2.75, 3.05) is 12.3 Å². The van der Waals surface area contributed by atoms with E-state index in [9.17, 15) is 4.79 Å². The van der Waals surface area contributed by atoms with E-state index in [0.717, 1.165) is 18.7 Å². The number of carbonyl (C=O) groups is 1. The van der Waals surface area contributed by atoms with Gasteiger partial charge >= 0.3 is 0 Å². The van der Waals surface area contributed by atoms with E-state index >= 15 is 0 Å². The molecule has 1 aromatic heterocycles. The third kappa shape index (κ3) is 1.81. The molecule has 0 aromatic carbocycles. The molecule has 1 fully saturated rings. The SMILES string of the molecule is Nc1nccc(CN2CCCC2=O)n1. The Labute approximate surface area is 82.0 Å². The number of likely N-dealkylation sites (tertiary alicyclic amines) is 1. The van der Waals surface area contributed by atoms with Crippen LogP contribution in [0.3, 0.4) is 0 Å². The van der Waals surface area contributed by atoms with Crippen LogP contribution in [0.15, 0.2) is 12.3 Å². The van der Waals surface area contributed by atoms with Gasteiger partial charge in [-0.2, -0.15) is 0 Å². The van der Waals surface area contributed by atoms with Crippen LogP contribution in [0.2, 0.25) is 0 Å². The molecule has 0 atom stereocenters. The fourth-order valence-corrected chi connectivity index (χ4v) is 1.57. The molecule has 1 aliphatic rings. The number of aromatic nitrogens is 2. The van der Waals surface area contributed by atoms with Gasteiger partial charge in [-0.05, 0) is 12.5 Å². The maximum atomic E-state index is 11.3. The van der Waals surface area contributed by atoms with Crippen LogP contribution < -0.4 is 5.73 Å². The summed E-state index contributed by atoms with van der Waals surface area (Å²) in [5.41, 5.74) is 6.24. The van der Waals surface area contributed by atoms with Crippen molar-refractivity contribution in [1.82, 2.24) is 14.9 Å². The summed E-state index contributed by atoms with van der Waals surface area (Å²) >= 11 is 0. The fraction of sp³-hybridized carbons (Fsp3) is 0.444. The van der Waals surface area contributed by atoms with Gasteiger partial charge in [-0.15, -0.1) is 0 Å². The molecular formula is C9H12N4O. The van der Waals surface area contributed by atoms with Gasteiger partial charge in [0, 0.05) is 19.2 Å². The first-order chi connectivity index (χ1) is 6.75. The van der Waals surface area contributed by atoms with E-state index in [2.05, 4.69) is 9.97 Å². The number of carbonyl (C=O) groups excluding carboxylic acids is 1. The van der Waals surface area contributed by atoms with E-state index in [4.69, 9.17) is 5.73 Å². The summed E-state index contributed by atoms with van der Waals surface area (Å²) in [6.07, 6.45) is 3.21. The Morgan fingerprint density at radius 1 is 1.57 bits per heavy atom. The van der Waals surface area contributed by atoms with Crippen LogP contribution in [0, 0.1) is 0 Å². The summed E-state index contributed by atoms with van der Waals surface area (Å²) in [5, 5.41) is 0. The summed E-state index contributed by atoms with van der Waals surface area (Å²) in [6, 6.07) is 1.78. The van der Waals surface area contributed by atoms with Crippen LogP contribution in [-0.2, 0) is 11.3 Å². The topological polar surface area (TPSA) is 72.1 Å². The van der Waals surface area contributed by atoms with Crippen molar-refractivity contribution >= 4 is 11.9 Å². The number of rotatable bonds is 2. The molecule has 2 heterocycles. The van der Waals surface area contributed by atoms with Crippen molar-refractivity contribution in [3.63, 3.8) is 0 Å². The Morgan fingerprint density at radius 3 is 3.07 bits per heavy atom. The van der Waals surface area contributed by atoms with Crippen molar-refractivity contribution in [2.45, 2.75) is 19.4 Å². The average Bonchev–Trinajstić information content (AvgIpc) is 2.52. The lowest BCUT2D eigenvalue weighted by atomic mass is 10.4. The van der Waals surface area contributed by atoms with Crippen LogP contribution in [0.5, 0.6) is 0 Å². The lowest BCUT2D eigenvalue weighted by molar-refractivity contribution is -0.128. The first kappa shape index (κ1) is 8.93. The number of amides is 1. The first-order valence-electron chi connectivity index (χ1n) is 4.61. The van der Waals surface area contributed by atoms with E-state index in [1.807, 2.05) is 0 Å². The molecule has 1 aliphatic heterocycles. The molecule has 14 heavy (non-hydrogen) atoms. The number of anilines is 1. The summed E-state index contributed by atoms with van der Waals surface area (Å²) in [4.78, 5) is 20.9. The molecule has 5 nitrogen and oxygen atoms in total. The highest BCUT2D eigenvalue weighted by Crippen LogP contribution is 2.12. The molecule has 0 bridgehead atoms. The summed E-state index contributed by atoms with van der Waals surface area (Å²) in [5.74, 6) is 0.455. The van der Waals surface area contributed by atoms with Gasteiger partial charge in [0.25, 0.3) is 0 Å². The van der Waals surface area contributed by atoms with Crippen molar-refractivity contribution in [3.05, 3.63) is 18.0 Å². The number of nitrogens with zero attached hydrogens (tertiary/aromatic N) is 3. The van der Waals surface area contributed by atoms with Gasteiger partial charge in [0.05, 0.1) is 12.2 Å². The normalized spacial score (nSPS) is 16.3. The van der Waals surface area contributed by atoms with Gasteiger partial charge in [0.15, 0.2) is 0 Å². The van der Waals surface area contributed by atoms with Crippen molar-refractivity contribution in [3.8, 4) is 0 Å². The molecule has 0 unspecified atom stereocenters. The van der Waals surface area contributed by atoms with Crippen LogP contribution in [0.25, 0.3) is 0 Å². The predicted octanol–water partition coefficient (Wildman–Crippen LogP) is 0.181. The first-order valence-corrected chi connectivity index (χ1v) is 4.61. The molecule has 1 amide bonds. The molecule has 1 saturated heterocycles. The minimum absolute atomic E-state index is 0.196. The molecule has 74 valence electrons. The molecule has 0 radical (unpaired) electrons. The van der Waals surface area contributed by atoms with Crippen LogP contribution in [-0.4, -0.2) is 27.3 Å². The molecule has 2 N–H and O–H groups in total. The molecule has 1 aromatic rings. The minimum Gasteiger partial charge on any atom is -0.368 e. The number of nitrogens with two attached hydrogens (primary N) is 1. The third-order valence-electron chi connectivity index (χ3n) is 2.26. The van der Waals surface area contributed by atoms with Crippen molar-refractivity contribution in [1.29, 1.82) is 0 Å². The van der Waals surface area contributed by atoms with E-state index in [1.165, 1.54) is 0 Å². The zero-order valence-electron chi connectivity index (χ0n) is 7.81. The van der Waals surface area contributed by atoms with Crippen molar-refractivity contribution < 1.29 is 4.79 Å². The maximum absolute atomic E-state index is 11.3. The van der Waals surface area contributed by atoms with Gasteiger partial charge in [-0.3, -0.25) is 4.79 Å². The van der Waals surface area contributed by atoms with Crippen molar-refractivity contribution in [2.24, 2.45) is 0 Å². The summed E-state index contributed by atoms with van der Waals surface area (Å²) in [7, 11) is 0. The highest BCUT2D eigenvalue weighted by atomic mass is 16.2. The molecular weight excluding hydrogens is 180 g/mol. The lowest BCUT2D eigenvalue weighted by Crippen LogP contribution is -2.24. The van der Waals surface area contributed by atoms with E-state index in [1.54, 1.807) is 17.2 Å². The Balaban J connectivity index is 2.07. The van der Waals surface area contributed by atoms with E-state index < -0.39 is 0 Å². The zero-order chi connectivity index (χ0) is 9.97. The molecule has 0 saturated carbocycles. The van der Waals surface area contributed by atoms with Crippen LogP contribution in [0.4, 0.5) is 5.95 Å². The van der Waals surface area contributed by atoms with E-state index in [-0.39, 0.29) is 11.9 Å². The number of hydrogen-bond acceptors (Lipinski definition) is 4. The zero-order valence-corrected chi connectivity index (χ0v) is 7.81. The van der Waals surface area contributed by atoms with Crippen LogP contribution >= 0.6 is 0 Å². The maximum Gasteiger partial charge on any atom is 0.222 e. The summed E-state index contributed by atoms with van der Waals surface area (Å²) < 4.78 is 0. The number of hydrogen-bond donors (Lipinski definition) is 1. The Bertz CT molecular complexity index is 352. The second kappa shape index (κ2) is 3.61. The molecule has 5 heteroatoms. The third-order valence-corrected chi connectivity index (χ3v) is 2.26. The lowest BCUT2D eigenvalue weighted by Gasteiger charge is -2.14. The second-order valence-corrected chi connectivity index (χ2v) is 3.33. The van der Waals surface area contributed by atoms with Gasteiger partial charge in [-0.25, -0.2) is 9.97 Å². The van der Waals surface area contributed by atoms with Gasteiger partial charge in [0.1, 0.15) is 0 Å². The van der Waals surface area contributed by atoms with Crippen LogP contribution in [0.1, 0.15) is 18.5 Å². The quantitative estimate of drug-likeness (QED) is 0.725. The largest absolute Gasteiger partial charge is 0.368 e. The monoisotopic (exact) mass is 192 g/mol. The van der Waals surface area contributed by atoms with Gasteiger partial charge < -0.3 is 10.6 Å². The smallest absolute Gasteiger partial charge is 0.222 e. The highest BCUT2D eigenvalue weighted by molar-refractivity contribution is 5.77. The fourth-order valence-electron chi connectivity index (χ4n) is 1.57. The minimum atomic E-state index is 0.196. The Morgan fingerprint density at radius 2 is 2.43 bits per heavy atom. The number of nitrogen functional groups attached to an aromatic ring is 1. The molecule has 0 aliphatic carbocycles. The highest BCUT2D eigenvalue weighted by Gasteiger charge is 2.20. The van der Waals surface area contributed by atoms with Gasteiger partial charge in [-0.1, -0.05) is 0 Å². The molecule has 2 rings (SSSR count). The van der Waals surface area contributed by atoms with E-state index in [0.29, 0.717) is 13.0 Å². The Kier molecular flexibility index (Phi) is 2.30. The molecule has 0 spiro atoms.